The summed E-state index contributed by atoms with van der Waals surface area (Å²) in [5.74, 6) is 0.218. The Morgan fingerprint density at radius 3 is 1.76 bits per heavy atom. The number of fused-ring (bicyclic) bond motifs is 2. The van der Waals surface area contributed by atoms with E-state index in [1.165, 1.54) is 9.13 Å². The summed E-state index contributed by atoms with van der Waals surface area (Å²) in [6, 6.07) is 25.8. The first-order valence-electron chi connectivity index (χ1n) is 28.0. The van der Waals surface area contributed by atoms with E-state index in [0.717, 1.165) is 72.4 Å². The van der Waals surface area contributed by atoms with Crippen molar-refractivity contribution in [3.63, 3.8) is 0 Å². The van der Waals surface area contributed by atoms with Crippen LogP contribution in [0, 0.1) is 22.5 Å². The molecule has 3 heterocycles. The van der Waals surface area contributed by atoms with Crippen molar-refractivity contribution in [2.45, 2.75) is 138 Å². The Morgan fingerprint density at radius 2 is 1.25 bits per heavy atom. The van der Waals surface area contributed by atoms with E-state index in [0.29, 0.717) is 89.7 Å². The van der Waals surface area contributed by atoms with Gasteiger partial charge in [0, 0.05) is 65.3 Å². The van der Waals surface area contributed by atoms with Gasteiger partial charge in [0.1, 0.15) is 16.6 Å². The smallest absolute Gasteiger partial charge is 0.418 e. The summed E-state index contributed by atoms with van der Waals surface area (Å²) in [4.78, 5) is 69.5. The fourth-order valence-corrected chi connectivity index (χ4v) is 11.4. The lowest BCUT2D eigenvalue weighted by atomic mass is 10.0. The number of anilines is 1. The molecule has 15 nitrogen and oxygen atoms in total. The highest BCUT2D eigenvalue weighted by Crippen LogP contribution is 2.38. The number of ether oxygens (including phenoxy) is 4. The van der Waals surface area contributed by atoms with Crippen molar-refractivity contribution in [1.29, 1.82) is 5.26 Å². The van der Waals surface area contributed by atoms with Crippen LogP contribution in [0.5, 0.6) is 0 Å². The zero-order valence-electron chi connectivity index (χ0n) is 50.3. The van der Waals surface area contributed by atoms with Crippen LogP contribution in [-0.4, -0.2) is 86.8 Å². The van der Waals surface area contributed by atoms with Gasteiger partial charge in [-0.15, -0.1) is 11.3 Å². The second-order valence-electron chi connectivity index (χ2n) is 22.6. The number of hydrogen-bond acceptors (Lipinski definition) is 15. The van der Waals surface area contributed by atoms with E-state index in [4.69, 9.17) is 75.6 Å². The molecule has 3 aromatic heterocycles. The molecule has 456 valence electrons. The number of aromatic nitrogens is 3. The van der Waals surface area contributed by atoms with Crippen LogP contribution in [-0.2, 0) is 48.0 Å². The average molecular weight is 1280 g/mol. The minimum Gasteiger partial charge on any atom is -0.466 e. The van der Waals surface area contributed by atoms with Crippen molar-refractivity contribution in [1.82, 2.24) is 19.4 Å². The molecule has 7 rings (SSSR count). The molecule has 1 atom stereocenters. The monoisotopic (exact) mass is 1280 g/mol. The minimum atomic E-state index is -0.611. The number of carbonyl (C=O) groups is 5. The Morgan fingerprint density at radius 1 is 0.706 bits per heavy atom. The van der Waals surface area contributed by atoms with Crippen LogP contribution in [0.1, 0.15) is 129 Å². The van der Waals surface area contributed by atoms with E-state index in [9.17, 15) is 24.0 Å². The number of nitrogens with one attached hydrogen (secondary N) is 1. The molecule has 0 aliphatic heterocycles. The van der Waals surface area contributed by atoms with E-state index in [1.54, 1.807) is 61.8 Å². The van der Waals surface area contributed by atoms with E-state index >= 15 is 0 Å². The number of esters is 2. The predicted octanol–water partition coefficient (Wildman–Crippen LogP) is 17.3. The summed E-state index contributed by atoms with van der Waals surface area (Å²) in [6.07, 6.45) is 4.68. The number of rotatable bonds is 21. The van der Waals surface area contributed by atoms with Crippen molar-refractivity contribution in [2.24, 2.45) is 11.8 Å². The first-order valence-corrected chi connectivity index (χ1v) is 31.2. The largest absolute Gasteiger partial charge is 0.466 e. The second kappa shape index (κ2) is 32.6. The summed E-state index contributed by atoms with van der Waals surface area (Å²) >= 11 is 26.9. The predicted molar refractivity (Wildman–Crippen MR) is 346 cm³/mol. The quantitative estimate of drug-likeness (QED) is 0.0236. The van der Waals surface area contributed by atoms with Gasteiger partial charge in [-0.25, -0.2) is 14.6 Å². The van der Waals surface area contributed by atoms with Crippen molar-refractivity contribution < 1.29 is 42.9 Å². The van der Waals surface area contributed by atoms with Crippen LogP contribution in [0.3, 0.4) is 0 Å². The van der Waals surface area contributed by atoms with Crippen molar-refractivity contribution in [2.75, 3.05) is 31.2 Å². The van der Waals surface area contributed by atoms with E-state index in [-0.39, 0.29) is 29.4 Å². The van der Waals surface area contributed by atoms with Gasteiger partial charge in [-0.2, -0.15) is 5.26 Å². The number of nitriles is 1. The second-order valence-corrected chi connectivity index (χ2v) is 26.2. The third-order valence-corrected chi connectivity index (χ3v) is 15.7. The molecular formula is C64H76Cl4N6O9S2. The fraction of sp³-hybridized carbons (Fsp3) is 0.422. The zero-order valence-corrected chi connectivity index (χ0v) is 54.9. The topological polar surface area (TPSA) is 184 Å². The highest BCUT2D eigenvalue weighted by Gasteiger charge is 2.26. The number of halogens is 4. The molecule has 1 unspecified atom stereocenters. The third kappa shape index (κ3) is 21.4. The molecule has 0 spiro atoms. The van der Waals surface area contributed by atoms with Crippen LogP contribution >= 0.6 is 69.5 Å². The SMILES string of the molecule is CC(C)CC(SC#N)C(=O)c1ccc(Cl)c(Cl)c1.CCOC(=O)CCN(Cc1cccc2c1ccn2C(=O)OC(C)(C)C)c1nc(-c2ccc(Cl)c(Cl)c2)c(CC(C)C)s1.CCOC(=O)CCNCc1cccc2c1ccn2C(=O)OC(C)(C)C. The number of carbonyl (C=O) groups excluding carboxylic acids is 5. The Hall–Kier alpha value is -6.10. The summed E-state index contributed by atoms with van der Waals surface area (Å²) < 4.78 is 24.2. The van der Waals surface area contributed by atoms with Gasteiger partial charge in [-0.1, -0.05) is 104 Å². The molecule has 4 aromatic carbocycles. The maximum atomic E-state index is 12.9. The van der Waals surface area contributed by atoms with Crippen molar-refractivity contribution >= 4 is 126 Å². The highest BCUT2D eigenvalue weighted by molar-refractivity contribution is 8.05. The molecule has 0 radical (unpaired) electrons. The van der Waals surface area contributed by atoms with Crippen LogP contribution in [0.2, 0.25) is 20.1 Å². The van der Waals surface area contributed by atoms with Gasteiger partial charge in [-0.3, -0.25) is 23.5 Å². The highest BCUT2D eigenvalue weighted by atomic mass is 35.5. The Balaban J connectivity index is 0.000000259. The lowest BCUT2D eigenvalue weighted by Gasteiger charge is -2.22. The maximum absolute atomic E-state index is 12.9. The average Bonchev–Trinajstić information content (AvgIpc) is 3.39. The van der Waals surface area contributed by atoms with Gasteiger partial charge in [0.25, 0.3) is 0 Å². The van der Waals surface area contributed by atoms with Gasteiger partial charge in [-0.05, 0) is 158 Å². The molecule has 0 aliphatic rings. The molecule has 0 saturated carbocycles. The molecule has 85 heavy (non-hydrogen) atoms. The number of nitrogens with zero attached hydrogens (tertiary/aromatic N) is 5. The molecule has 0 amide bonds. The molecule has 21 heteroatoms. The number of ketones is 1. The van der Waals surface area contributed by atoms with Gasteiger partial charge in [0.05, 0.1) is 68.1 Å². The first-order chi connectivity index (χ1) is 40.1. The maximum Gasteiger partial charge on any atom is 0.418 e. The Bertz CT molecular complexity index is 3470. The van der Waals surface area contributed by atoms with E-state index in [2.05, 4.69) is 24.1 Å². The third-order valence-electron chi connectivity index (χ3n) is 12.3. The number of thioether (sulfide) groups is 1. The molecule has 7 aromatic rings. The number of benzene rings is 4. The van der Waals surface area contributed by atoms with E-state index in [1.807, 2.05) is 121 Å². The Kier molecular flexibility index (Phi) is 26.7. The normalized spacial score (nSPS) is 11.8. The molecule has 0 aliphatic carbocycles. The standard InChI is InChI=1S/C32H37Cl2N3O4S.C19H26N2O4.C13H13Cl2NOS/c1-7-40-28(38)14-15-36(19-22-9-8-10-26-23(22)13-16-37(26)31(39)41-32(4,5)6)30-35-29(27(42-30)17-20(2)3)21-11-12-24(33)25(34)18-21;1-5-24-17(22)9-11-20-13-14-7-6-8-16-15(14)10-12-21(16)18(23)25-19(2,3)4;1-8(2)5-12(18-7-16)13(17)9-3-4-10(14)11(15)6-9/h8-13,16,18,20H,7,14-15,17,19H2,1-6H3;6-8,10,12,20H,5,9,11,13H2,1-4H3;3-4,6,8,12H,5H2,1-2H3. The summed E-state index contributed by atoms with van der Waals surface area (Å²) in [7, 11) is 0. The van der Waals surface area contributed by atoms with Crippen LogP contribution in [0.15, 0.2) is 97.3 Å². The van der Waals surface area contributed by atoms with Gasteiger partial charge < -0.3 is 29.2 Å². The molecule has 1 N–H and O–H groups in total. The van der Waals surface area contributed by atoms with Crippen molar-refractivity contribution in [3.8, 4) is 16.7 Å². The summed E-state index contributed by atoms with van der Waals surface area (Å²) in [5.41, 5.74) is 4.71. The fourth-order valence-electron chi connectivity index (χ4n) is 8.64. The summed E-state index contributed by atoms with van der Waals surface area (Å²) in [6.45, 7) is 25.8. The van der Waals surface area contributed by atoms with Crippen LogP contribution < -0.4 is 10.2 Å². The minimum absolute atomic E-state index is 0.0752. The molecular weight excluding hydrogens is 1200 g/mol. The molecule has 0 fully saturated rings. The zero-order chi connectivity index (χ0) is 62.8. The van der Waals surface area contributed by atoms with Gasteiger partial charge in [0.2, 0.25) is 0 Å². The number of thiazole rings is 1. The molecule has 0 bridgehead atoms. The Labute approximate surface area is 527 Å². The van der Waals surface area contributed by atoms with Crippen LogP contribution in [0.4, 0.5) is 14.7 Å². The lowest BCUT2D eigenvalue weighted by molar-refractivity contribution is -0.143. The number of thiocyanates is 1. The van der Waals surface area contributed by atoms with Gasteiger partial charge >= 0.3 is 24.1 Å². The summed E-state index contributed by atoms with van der Waals surface area (Å²) in [5, 5.41) is 18.1. The van der Waals surface area contributed by atoms with E-state index < -0.39 is 23.4 Å². The number of hydrogen-bond donors (Lipinski definition) is 1. The van der Waals surface area contributed by atoms with Crippen molar-refractivity contribution in [3.05, 3.63) is 139 Å². The number of Topliss-reactive ketones (excluding diaryl/α,β-unsaturated/α-hetero) is 1. The first kappa shape index (κ1) is 69.7. The van der Waals surface area contributed by atoms with Crippen LogP contribution in [0.25, 0.3) is 33.1 Å². The molecule has 0 saturated heterocycles. The lowest BCUT2D eigenvalue weighted by Crippen LogP contribution is -2.27. The van der Waals surface area contributed by atoms with Gasteiger partial charge in [0.15, 0.2) is 10.9 Å².